The maximum Gasteiger partial charge on any atom is 0.248 e. The summed E-state index contributed by atoms with van der Waals surface area (Å²) in [6.45, 7) is 2.53. The van der Waals surface area contributed by atoms with Crippen LogP contribution in [0, 0.1) is 0 Å². The van der Waals surface area contributed by atoms with E-state index in [1.807, 2.05) is 19.1 Å². The summed E-state index contributed by atoms with van der Waals surface area (Å²) in [6.07, 6.45) is 3.11. The van der Waals surface area contributed by atoms with Crippen molar-refractivity contribution in [2.75, 3.05) is 11.9 Å². The number of rotatable bonds is 5. The van der Waals surface area contributed by atoms with E-state index in [-0.39, 0.29) is 5.91 Å². The summed E-state index contributed by atoms with van der Waals surface area (Å²) in [5.74, 6) is 0.544. The zero-order chi connectivity index (χ0) is 15.9. The number of benzene rings is 2. The van der Waals surface area contributed by atoms with Crippen LogP contribution in [0.3, 0.4) is 0 Å². The molecule has 3 nitrogen and oxygen atoms in total. The van der Waals surface area contributed by atoms with Crippen molar-refractivity contribution in [3.63, 3.8) is 0 Å². The molecule has 0 radical (unpaired) electrons. The molecule has 0 aliphatic rings. The first-order valence-corrected chi connectivity index (χ1v) is 7.51. The Labute approximate surface area is 139 Å². The van der Waals surface area contributed by atoms with E-state index in [2.05, 4.69) is 5.32 Å². The first-order valence-electron chi connectivity index (χ1n) is 6.75. The van der Waals surface area contributed by atoms with Crippen molar-refractivity contribution in [2.45, 2.75) is 6.92 Å². The average molecular weight is 336 g/mol. The molecule has 0 unspecified atom stereocenters. The Kier molecular flexibility index (Phi) is 5.87. The number of ether oxygens (including phenoxy) is 1. The normalized spacial score (nSPS) is 10.7. The second kappa shape index (κ2) is 7.87. The third-order valence-electron chi connectivity index (χ3n) is 2.80. The third kappa shape index (κ3) is 4.79. The van der Waals surface area contributed by atoms with E-state index in [0.29, 0.717) is 22.3 Å². The predicted molar refractivity (Wildman–Crippen MR) is 91.7 cm³/mol. The first-order chi connectivity index (χ1) is 10.6. The van der Waals surface area contributed by atoms with Crippen molar-refractivity contribution in [2.24, 2.45) is 0 Å². The largest absolute Gasteiger partial charge is 0.494 e. The summed E-state index contributed by atoms with van der Waals surface area (Å²) >= 11 is 11.8. The van der Waals surface area contributed by atoms with Gasteiger partial charge in [0.1, 0.15) is 5.75 Å². The molecule has 0 atom stereocenters. The van der Waals surface area contributed by atoms with Gasteiger partial charge in [-0.25, -0.2) is 0 Å². The number of nitrogens with one attached hydrogen (secondary N) is 1. The molecule has 0 bridgehead atoms. The van der Waals surface area contributed by atoms with E-state index in [9.17, 15) is 4.79 Å². The van der Waals surface area contributed by atoms with Crippen molar-refractivity contribution in [3.8, 4) is 5.75 Å². The Morgan fingerprint density at radius 3 is 2.50 bits per heavy atom. The summed E-state index contributed by atoms with van der Waals surface area (Å²) in [4.78, 5) is 11.9. The molecular weight excluding hydrogens is 321 g/mol. The SMILES string of the molecule is CCOc1ccc(NC(=O)C=Cc2ccc(Cl)c(Cl)c2)cc1. The van der Waals surface area contributed by atoms with Crippen LogP contribution in [-0.2, 0) is 4.79 Å². The lowest BCUT2D eigenvalue weighted by atomic mass is 10.2. The molecule has 22 heavy (non-hydrogen) atoms. The van der Waals surface area contributed by atoms with Gasteiger partial charge in [-0.05, 0) is 55.0 Å². The Bertz CT molecular complexity index is 682. The Morgan fingerprint density at radius 2 is 1.86 bits per heavy atom. The molecule has 1 amide bonds. The smallest absolute Gasteiger partial charge is 0.248 e. The molecule has 0 saturated carbocycles. The van der Waals surface area contributed by atoms with Gasteiger partial charge < -0.3 is 10.1 Å². The van der Waals surface area contributed by atoms with Gasteiger partial charge in [-0.1, -0.05) is 29.3 Å². The second-order valence-corrected chi connectivity index (χ2v) is 5.27. The van der Waals surface area contributed by atoms with Gasteiger partial charge in [0.2, 0.25) is 5.91 Å². The monoisotopic (exact) mass is 335 g/mol. The van der Waals surface area contributed by atoms with E-state index < -0.39 is 0 Å². The number of hydrogen-bond acceptors (Lipinski definition) is 2. The summed E-state index contributed by atoms with van der Waals surface area (Å²) in [6, 6.07) is 12.4. The average Bonchev–Trinajstić information content (AvgIpc) is 2.51. The van der Waals surface area contributed by atoms with Crippen LogP contribution in [0.4, 0.5) is 5.69 Å². The molecule has 0 aliphatic heterocycles. The molecule has 0 saturated heterocycles. The van der Waals surface area contributed by atoms with Crippen LogP contribution in [0.5, 0.6) is 5.75 Å². The van der Waals surface area contributed by atoms with Crippen molar-refractivity contribution < 1.29 is 9.53 Å². The highest BCUT2D eigenvalue weighted by Crippen LogP contribution is 2.23. The van der Waals surface area contributed by atoms with Crippen LogP contribution in [0.1, 0.15) is 12.5 Å². The number of anilines is 1. The number of carbonyl (C=O) groups excluding carboxylic acids is 1. The van der Waals surface area contributed by atoms with E-state index in [1.165, 1.54) is 6.08 Å². The van der Waals surface area contributed by atoms with E-state index >= 15 is 0 Å². The highest BCUT2D eigenvalue weighted by Gasteiger charge is 2.00. The van der Waals surface area contributed by atoms with Gasteiger partial charge in [-0.2, -0.15) is 0 Å². The zero-order valence-corrected chi connectivity index (χ0v) is 13.5. The fraction of sp³-hybridized carbons (Fsp3) is 0.118. The number of hydrogen-bond donors (Lipinski definition) is 1. The van der Waals surface area contributed by atoms with Crippen LogP contribution in [0.25, 0.3) is 6.08 Å². The minimum Gasteiger partial charge on any atom is -0.494 e. The third-order valence-corrected chi connectivity index (χ3v) is 3.54. The van der Waals surface area contributed by atoms with Gasteiger partial charge in [0.25, 0.3) is 0 Å². The highest BCUT2D eigenvalue weighted by atomic mass is 35.5. The van der Waals surface area contributed by atoms with Gasteiger partial charge in [0.15, 0.2) is 0 Å². The summed E-state index contributed by atoms with van der Waals surface area (Å²) in [7, 11) is 0. The fourth-order valence-electron chi connectivity index (χ4n) is 1.77. The number of halogens is 2. The lowest BCUT2D eigenvalue weighted by Gasteiger charge is -2.05. The topological polar surface area (TPSA) is 38.3 Å². The maximum atomic E-state index is 11.9. The first kappa shape index (κ1) is 16.4. The van der Waals surface area contributed by atoms with Crippen LogP contribution in [0.15, 0.2) is 48.5 Å². The molecule has 1 N–H and O–H groups in total. The molecule has 2 aromatic rings. The highest BCUT2D eigenvalue weighted by molar-refractivity contribution is 6.42. The lowest BCUT2D eigenvalue weighted by molar-refractivity contribution is -0.111. The molecule has 0 fully saturated rings. The van der Waals surface area contributed by atoms with Crippen molar-refractivity contribution >= 4 is 40.9 Å². The van der Waals surface area contributed by atoms with E-state index in [0.717, 1.165) is 11.3 Å². The molecule has 0 aromatic heterocycles. The van der Waals surface area contributed by atoms with E-state index in [4.69, 9.17) is 27.9 Å². The van der Waals surface area contributed by atoms with Crippen LogP contribution >= 0.6 is 23.2 Å². The lowest BCUT2D eigenvalue weighted by Crippen LogP contribution is -2.07. The minimum atomic E-state index is -0.227. The minimum absolute atomic E-state index is 0.227. The number of amides is 1. The predicted octanol–water partition coefficient (Wildman–Crippen LogP) is 5.04. The van der Waals surface area contributed by atoms with Crippen molar-refractivity contribution in [3.05, 3.63) is 64.1 Å². The summed E-state index contributed by atoms with van der Waals surface area (Å²) < 4.78 is 5.34. The zero-order valence-electron chi connectivity index (χ0n) is 12.0. The van der Waals surface area contributed by atoms with Gasteiger partial charge in [0.05, 0.1) is 16.7 Å². The summed E-state index contributed by atoms with van der Waals surface area (Å²) in [5.41, 5.74) is 1.50. The molecule has 0 spiro atoms. The molecule has 0 heterocycles. The van der Waals surface area contributed by atoms with Gasteiger partial charge in [0, 0.05) is 11.8 Å². The van der Waals surface area contributed by atoms with Crippen LogP contribution in [0.2, 0.25) is 10.0 Å². The molecule has 5 heteroatoms. The van der Waals surface area contributed by atoms with Gasteiger partial charge in [-0.3, -0.25) is 4.79 Å². The van der Waals surface area contributed by atoms with Gasteiger partial charge >= 0.3 is 0 Å². The van der Waals surface area contributed by atoms with E-state index in [1.54, 1.807) is 36.4 Å². The molecule has 2 rings (SSSR count). The van der Waals surface area contributed by atoms with Crippen molar-refractivity contribution in [1.29, 1.82) is 0 Å². The maximum absolute atomic E-state index is 11.9. The molecular formula is C17H15Cl2NO2. The van der Waals surface area contributed by atoms with Crippen LogP contribution < -0.4 is 10.1 Å². The Morgan fingerprint density at radius 1 is 1.14 bits per heavy atom. The molecule has 0 aliphatic carbocycles. The molecule has 114 valence electrons. The van der Waals surface area contributed by atoms with Crippen LogP contribution in [-0.4, -0.2) is 12.5 Å². The molecule has 2 aromatic carbocycles. The standard InChI is InChI=1S/C17H15Cl2NO2/c1-2-22-14-7-5-13(6-8-14)20-17(21)10-4-12-3-9-15(18)16(19)11-12/h3-11H,2H2,1H3,(H,20,21). The number of carbonyl (C=O) groups is 1. The van der Waals surface area contributed by atoms with Crippen molar-refractivity contribution in [1.82, 2.24) is 0 Å². The quantitative estimate of drug-likeness (QED) is 0.777. The summed E-state index contributed by atoms with van der Waals surface area (Å²) in [5, 5.41) is 3.71. The fourth-order valence-corrected chi connectivity index (χ4v) is 2.08. The Balaban J connectivity index is 1.97. The Hall–Kier alpha value is -1.97. The second-order valence-electron chi connectivity index (χ2n) is 4.45. The van der Waals surface area contributed by atoms with Gasteiger partial charge in [-0.15, -0.1) is 0 Å².